The summed E-state index contributed by atoms with van der Waals surface area (Å²) in [6.45, 7) is 16.0. The van der Waals surface area contributed by atoms with Crippen LogP contribution in [0.3, 0.4) is 0 Å². The van der Waals surface area contributed by atoms with Crippen molar-refractivity contribution in [1.82, 2.24) is 14.5 Å². The normalized spacial score (nSPS) is 12.3. The summed E-state index contributed by atoms with van der Waals surface area (Å²) in [5.74, 6) is 0. The second-order valence-corrected chi connectivity index (χ2v) is 6.81. The summed E-state index contributed by atoms with van der Waals surface area (Å²) >= 11 is 1.75. The molecular weight excluding hydrogens is 302 g/mol. The van der Waals surface area contributed by atoms with Crippen molar-refractivity contribution >= 4 is 24.1 Å². The van der Waals surface area contributed by atoms with E-state index in [9.17, 15) is 0 Å². The molecule has 1 aromatic rings. The highest BCUT2D eigenvalue weighted by Crippen LogP contribution is 2.29. The molecule has 23 heavy (non-hydrogen) atoms. The lowest BCUT2D eigenvalue weighted by molar-refractivity contribution is 0.325. The molecule has 126 valence electrons. The molecular formula is C19H29N3S. The average Bonchev–Trinajstić information content (AvgIpc) is 2.56. The predicted molar refractivity (Wildman–Crippen MR) is 105 cm³/mol. The van der Waals surface area contributed by atoms with Gasteiger partial charge in [-0.15, -0.1) is 0 Å². The van der Waals surface area contributed by atoms with Crippen molar-refractivity contribution in [3.8, 4) is 0 Å². The van der Waals surface area contributed by atoms with Crippen LogP contribution in [-0.2, 0) is 0 Å². The molecule has 0 spiro atoms. The quantitative estimate of drug-likeness (QED) is 0.654. The van der Waals surface area contributed by atoms with Crippen LogP contribution in [0.25, 0.3) is 12.2 Å². The van der Waals surface area contributed by atoms with E-state index in [1.54, 1.807) is 11.9 Å². The van der Waals surface area contributed by atoms with Gasteiger partial charge in [0.2, 0.25) is 0 Å². The Bertz CT molecular complexity index is 552. The standard InChI is InChI=1S/C19H29N3S/c1-8-17-10-11-19(14-18(17)9-2)23-22(13-12-21(6)7)16(4)15(3)20-5/h8-11,14,16,20H,1-3,12-13H2,4-7H3. The molecule has 0 aliphatic heterocycles. The van der Waals surface area contributed by atoms with Gasteiger partial charge in [0.15, 0.2) is 0 Å². The van der Waals surface area contributed by atoms with E-state index in [1.807, 2.05) is 19.2 Å². The van der Waals surface area contributed by atoms with Crippen LogP contribution in [0.5, 0.6) is 0 Å². The Morgan fingerprint density at radius 3 is 2.39 bits per heavy atom. The smallest absolute Gasteiger partial charge is 0.0568 e. The van der Waals surface area contributed by atoms with Gasteiger partial charge in [0.25, 0.3) is 0 Å². The lowest BCUT2D eigenvalue weighted by atomic mass is 10.1. The molecule has 0 amide bonds. The first kappa shape index (κ1) is 19.6. The zero-order valence-electron chi connectivity index (χ0n) is 14.8. The van der Waals surface area contributed by atoms with Crippen LogP contribution in [-0.4, -0.2) is 49.5 Å². The van der Waals surface area contributed by atoms with Crippen molar-refractivity contribution < 1.29 is 0 Å². The summed E-state index contributed by atoms with van der Waals surface area (Å²) in [5.41, 5.74) is 3.23. The molecule has 0 radical (unpaired) electrons. The fraction of sp³-hybridized carbons (Fsp3) is 0.368. The van der Waals surface area contributed by atoms with E-state index >= 15 is 0 Å². The molecule has 0 heterocycles. The number of likely N-dealkylation sites (N-methyl/N-ethyl adjacent to an activating group) is 2. The third-order valence-electron chi connectivity index (χ3n) is 3.75. The Morgan fingerprint density at radius 2 is 1.87 bits per heavy atom. The number of nitrogens with zero attached hydrogens (tertiary/aromatic N) is 2. The Balaban J connectivity index is 2.97. The van der Waals surface area contributed by atoms with E-state index in [0.29, 0.717) is 0 Å². The van der Waals surface area contributed by atoms with Crippen molar-refractivity contribution in [2.24, 2.45) is 0 Å². The molecule has 1 unspecified atom stereocenters. The average molecular weight is 332 g/mol. The second kappa shape index (κ2) is 9.60. The van der Waals surface area contributed by atoms with E-state index in [1.165, 1.54) is 4.90 Å². The minimum absolute atomic E-state index is 0.233. The molecule has 0 fully saturated rings. The monoisotopic (exact) mass is 331 g/mol. The maximum atomic E-state index is 4.11. The molecule has 3 nitrogen and oxygen atoms in total. The number of hydrogen-bond donors (Lipinski definition) is 1. The maximum absolute atomic E-state index is 4.11. The Hall–Kier alpha value is -1.49. The highest BCUT2D eigenvalue weighted by atomic mass is 32.2. The van der Waals surface area contributed by atoms with Gasteiger partial charge in [-0.05, 0) is 56.2 Å². The highest BCUT2D eigenvalue weighted by molar-refractivity contribution is 7.97. The van der Waals surface area contributed by atoms with Gasteiger partial charge in [-0.2, -0.15) is 0 Å². The zero-order valence-corrected chi connectivity index (χ0v) is 15.6. The second-order valence-electron chi connectivity index (χ2n) is 5.69. The van der Waals surface area contributed by atoms with Gasteiger partial charge in [0.05, 0.1) is 6.04 Å². The molecule has 1 rings (SSSR count). The van der Waals surface area contributed by atoms with Gasteiger partial charge in [0.1, 0.15) is 0 Å². The van der Waals surface area contributed by atoms with E-state index in [4.69, 9.17) is 0 Å². The van der Waals surface area contributed by atoms with Gasteiger partial charge < -0.3 is 10.2 Å². The number of benzene rings is 1. The highest BCUT2D eigenvalue weighted by Gasteiger charge is 2.18. The van der Waals surface area contributed by atoms with E-state index in [2.05, 4.69) is 73.5 Å². The Kier molecular flexibility index (Phi) is 8.17. The van der Waals surface area contributed by atoms with Crippen molar-refractivity contribution in [2.75, 3.05) is 34.2 Å². The van der Waals surface area contributed by atoms with Gasteiger partial charge in [0, 0.05) is 30.7 Å². The molecule has 4 heteroatoms. The van der Waals surface area contributed by atoms with E-state index < -0.39 is 0 Å². The molecule has 1 aromatic carbocycles. The van der Waals surface area contributed by atoms with Crippen molar-refractivity contribution in [3.05, 3.63) is 54.8 Å². The van der Waals surface area contributed by atoms with Crippen LogP contribution >= 0.6 is 11.9 Å². The summed E-state index contributed by atoms with van der Waals surface area (Å²) in [7, 11) is 6.10. The summed E-state index contributed by atoms with van der Waals surface area (Å²) in [6, 6.07) is 6.61. The molecule has 0 aromatic heterocycles. The van der Waals surface area contributed by atoms with Crippen LogP contribution in [0.1, 0.15) is 18.1 Å². The Labute approximate surface area is 145 Å². The lowest BCUT2D eigenvalue weighted by Gasteiger charge is -2.30. The molecule has 1 N–H and O–H groups in total. The van der Waals surface area contributed by atoms with E-state index in [0.717, 1.165) is 29.9 Å². The first-order chi connectivity index (χ1) is 10.9. The summed E-state index contributed by atoms with van der Waals surface area (Å²) in [4.78, 5) is 3.39. The summed E-state index contributed by atoms with van der Waals surface area (Å²) in [6.07, 6.45) is 3.74. The van der Waals surface area contributed by atoms with Crippen LogP contribution in [0.15, 0.2) is 48.5 Å². The minimum atomic E-state index is 0.233. The summed E-state index contributed by atoms with van der Waals surface area (Å²) in [5, 5.41) is 3.17. The summed E-state index contributed by atoms with van der Waals surface area (Å²) < 4.78 is 2.36. The first-order valence-corrected chi connectivity index (χ1v) is 8.55. The Morgan fingerprint density at radius 1 is 1.22 bits per heavy atom. The van der Waals surface area contributed by atoms with Crippen LogP contribution < -0.4 is 5.32 Å². The number of hydrogen-bond acceptors (Lipinski definition) is 4. The SMILES string of the molecule is C=Cc1ccc(SN(CCN(C)C)C(C)C(=C)NC)cc1C=C. The van der Waals surface area contributed by atoms with Crippen molar-refractivity contribution in [2.45, 2.75) is 17.9 Å². The topological polar surface area (TPSA) is 18.5 Å². The minimum Gasteiger partial charge on any atom is -0.391 e. The molecule has 0 aliphatic carbocycles. The molecule has 0 saturated heterocycles. The zero-order chi connectivity index (χ0) is 17.4. The van der Waals surface area contributed by atoms with Crippen LogP contribution in [0.4, 0.5) is 0 Å². The maximum Gasteiger partial charge on any atom is 0.0568 e. The van der Waals surface area contributed by atoms with Crippen molar-refractivity contribution in [3.63, 3.8) is 0 Å². The molecule has 0 aliphatic rings. The van der Waals surface area contributed by atoms with Crippen molar-refractivity contribution in [1.29, 1.82) is 0 Å². The van der Waals surface area contributed by atoms with Gasteiger partial charge in [-0.25, -0.2) is 4.31 Å². The number of nitrogens with one attached hydrogen (secondary N) is 1. The van der Waals surface area contributed by atoms with Gasteiger partial charge in [-0.1, -0.05) is 38.0 Å². The molecule has 1 atom stereocenters. The van der Waals surface area contributed by atoms with Gasteiger partial charge >= 0.3 is 0 Å². The fourth-order valence-corrected chi connectivity index (χ4v) is 3.14. The van der Waals surface area contributed by atoms with Crippen LogP contribution in [0.2, 0.25) is 0 Å². The molecule has 0 saturated carbocycles. The molecule has 0 bridgehead atoms. The van der Waals surface area contributed by atoms with E-state index in [-0.39, 0.29) is 6.04 Å². The largest absolute Gasteiger partial charge is 0.391 e. The third kappa shape index (κ3) is 5.90. The lowest BCUT2D eigenvalue weighted by Crippen LogP contribution is -2.36. The van der Waals surface area contributed by atoms with Gasteiger partial charge in [-0.3, -0.25) is 0 Å². The fourth-order valence-electron chi connectivity index (χ4n) is 2.11. The number of rotatable bonds is 10. The van der Waals surface area contributed by atoms with Crippen LogP contribution in [0, 0.1) is 0 Å². The third-order valence-corrected chi connectivity index (χ3v) is 4.94. The first-order valence-electron chi connectivity index (χ1n) is 7.77. The predicted octanol–water partition coefficient (Wildman–Crippen LogP) is 3.96.